The smallest absolute Gasteiger partial charge is 0.191 e. The molecule has 1 heterocycles. The Morgan fingerprint density at radius 2 is 2.12 bits per heavy atom. The Bertz CT molecular complexity index is 368. The van der Waals surface area contributed by atoms with Crippen molar-refractivity contribution in [2.75, 3.05) is 7.05 Å². The highest BCUT2D eigenvalue weighted by Gasteiger charge is 2.12. The first-order valence-electron chi connectivity index (χ1n) is 5.30. The standard InChI is InChI=1S/C11H20N4S.HI/c1-8-9(16-7-14-8)6-13-10(12-5)15-11(2,3)4;/h7H,6H2,1-5H3,(H2,12,13,15);1H. The van der Waals surface area contributed by atoms with E-state index < -0.39 is 0 Å². The van der Waals surface area contributed by atoms with Gasteiger partial charge in [-0.2, -0.15) is 0 Å². The van der Waals surface area contributed by atoms with E-state index in [0.29, 0.717) is 0 Å². The van der Waals surface area contributed by atoms with Crippen LogP contribution in [0.5, 0.6) is 0 Å². The first-order chi connectivity index (χ1) is 7.42. The summed E-state index contributed by atoms with van der Waals surface area (Å²) in [7, 11) is 1.78. The lowest BCUT2D eigenvalue weighted by atomic mass is 10.1. The monoisotopic (exact) mass is 368 g/mol. The molecule has 0 aliphatic carbocycles. The predicted octanol–water partition coefficient (Wildman–Crippen LogP) is 2.53. The van der Waals surface area contributed by atoms with Crippen LogP contribution in [0.25, 0.3) is 0 Å². The third-order valence-corrected chi connectivity index (χ3v) is 2.91. The number of aromatic nitrogens is 1. The minimum Gasteiger partial charge on any atom is -0.352 e. The fourth-order valence-electron chi connectivity index (χ4n) is 1.19. The summed E-state index contributed by atoms with van der Waals surface area (Å²) in [5, 5.41) is 6.59. The summed E-state index contributed by atoms with van der Waals surface area (Å²) in [6.45, 7) is 9.12. The van der Waals surface area contributed by atoms with Gasteiger partial charge in [0.05, 0.1) is 17.7 Å². The molecule has 6 heteroatoms. The van der Waals surface area contributed by atoms with E-state index in [9.17, 15) is 0 Å². The molecule has 2 N–H and O–H groups in total. The molecule has 0 saturated carbocycles. The van der Waals surface area contributed by atoms with Gasteiger partial charge in [0.25, 0.3) is 0 Å². The van der Waals surface area contributed by atoms with E-state index >= 15 is 0 Å². The minimum atomic E-state index is 0. The molecule has 0 fully saturated rings. The number of nitrogens with one attached hydrogen (secondary N) is 2. The van der Waals surface area contributed by atoms with E-state index in [1.807, 2.05) is 12.4 Å². The van der Waals surface area contributed by atoms with Crippen LogP contribution in [0.3, 0.4) is 0 Å². The SMILES string of the molecule is CN=C(NCc1scnc1C)NC(C)(C)C.I. The molecule has 1 aromatic rings. The largest absolute Gasteiger partial charge is 0.352 e. The molecule has 0 spiro atoms. The minimum absolute atomic E-state index is 0. The topological polar surface area (TPSA) is 49.3 Å². The van der Waals surface area contributed by atoms with Crippen molar-refractivity contribution in [2.24, 2.45) is 4.99 Å². The van der Waals surface area contributed by atoms with Gasteiger partial charge in [0.1, 0.15) is 0 Å². The summed E-state index contributed by atoms with van der Waals surface area (Å²) < 4.78 is 0. The van der Waals surface area contributed by atoms with E-state index in [2.05, 4.69) is 41.4 Å². The normalized spacial score (nSPS) is 11.9. The highest BCUT2D eigenvalue weighted by molar-refractivity contribution is 14.0. The number of nitrogens with zero attached hydrogens (tertiary/aromatic N) is 2. The number of halogens is 1. The number of guanidine groups is 1. The van der Waals surface area contributed by atoms with E-state index in [0.717, 1.165) is 18.2 Å². The van der Waals surface area contributed by atoms with Crippen molar-refractivity contribution in [3.05, 3.63) is 16.1 Å². The number of hydrogen-bond donors (Lipinski definition) is 2. The Morgan fingerprint density at radius 1 is 1.47 bits per heavy atom. The van der Waals surface area contributed by atoms with Crippen LogP contribution >= 0.6 is 35.3 Å². The maximum absolute atomic E-state index is 4.21. The molecule has 0 aliphatic heterocycles. The molecular weight excluding hydrogens is 347 g/mol. The van der Waals surface area contributed by atoms with Gasteiger partial charge in [0.2, 0.25) is 0 Å². The van der Waals surface area contributed by atoms with Gasteiger partial charge in [-0.3, -0.25) is 4.99 Å². The number of aryl methyl sites for hydroxylation is 1. The highest BCUT2D eigenvalue weighted by Crippen LogP contribution is 2.11. The van der Waals surface area contributed by atoms with Gasteiger partial charge in [0, 0.05) is 17.5 Å². The molecule has 4 nitrogen and oxygen atoms in total. The average Bonchev–Trinajstić information content (AvgIpc) is 2.57. The van der Waals surface area contributed by atoms with Crippen LogP contribution in [-0.2, 0) is 6.54 Å². The zero-order valence-electron chi connectivity index (χ0n) is 11.0. The Kier molecular flexibility index (Phi) is 6.99. The van der Waals surface area contributed by atoms with Crippen LogP contribution < -0.4 is 10.6 Å². The van der Waals surface area contributed by atoms with Crippen molar-refractivity contribution >= 4 is 41.3 Å². The third-order valence-electron chi connectivity index (χ3n) is 1.98. The van der Waals surface area contributed by atoms with Crippen molar-refractivity contribution in [3.8, 4) is 0 Å². The fourth-order valence-corrected chi connectivity index (χ4v) is 1.91. The average molecular weight is 368 g/mol. The van der Waals surface area contributed by atoms with Gasteiger partial charge in [-0.05, 0) is 27.7 Å². The summed E-state index contributed by atoms with van der Waals surface area (Å²) >= 11 is 1.66. The molecule has 0 unspecified atom stereocenters. The van der Waals surface area contributed by atoms with Gasteiger partial charge < -0.3 is 10.6 Å². The Labute approximate surface area is 124 Å². The zero-order valence-corrected chi connectivity index (χ0v) is 14.1. The second-order valence-electron chi connectivity index (χ2n) is 4.66. The molecule has 98 valence electrons. The quantitative estimate of drug-likeness (QED) is 0.479. The van der Waals surface area contributed by atoms with Crippen molar-refractivity contribution in [3.63, 3.8) is 0 Å². The van der Waals surface area contributed by atoms with Crippen LogP contribution in [0.15, 0.2) is 10.5 Å². The molecule has 0 bridgehead atoms. The first kappa shape index (κ1) is 16.6. The number of aliphatic imine (C=N–C) groups is 1. The lowest BCUT2D eigenvalue weighted by Gasteiger charge is -2.23. The highest BCUT2D eigenvalue weighted by atomic mass is 127. The summed E-state index contributed by atoms with van der Waals surface area (Å²) in [6.07, 6.45) is 0. The van der Waals surface area contributed by atoms with Crippen LogP contribution in [0.2, 0.25) is 0 Å². The Balaban J connectivity index is 0.00000256. The maximum Gasteiger partial charge on any atom is 0.191 e. The van der Waals surface area contributed by atoms with E-state index in [-0.39, 0.29) is 29.5 Å². The molecule has 0 saturated heterocycles. The van der Waals surface area contributed by atoms with Gasteiger partial charge >= 0.3 is 0 Å². The van der Waals surface area contributed by atoms with Crippen LogP contribution in [0.1, 0.15) is 31.3 Å². The van der Waals surface area contributed by atoms with Crippen LogP contribution in [0, 0.1) is 6.92 Å². The maximum atomic E-state index is 4.21. The van der Waals surface area contributed by atoms with Crippen molar-refractivity contribution in [1.29, 1.82) is 0 Å². The molecule has 0 radical (unpaired) electrons. The predicted molar refractivity (Wildman–Crippen MR) is 85.4 cm³/mol. The Morgan fingerprint density at radius 3 is 2.53 bits per heavy atom. The van der Waals surface area contributed by atoms with Crippen LogP contribution in [-0.4, -0.2) is 23.5 Å². The van der Waals surface area contributed by atoms with E-state index in [4.69, 9.17) is 0 Å². The summed E-state index contributed by atoms with van der Waals surface area (Å²) in [5.74, 6) is 0.820. The molecule has 17 heavy (non-hydrogen) atoms. The number of hydrogen-bond acceptors (Lipinski definition) is 3. The molecule has 0 amide bonds. The van der Waals surface area contributed by atoms with Crippen molar-refractivity contribution in [2.45, 2.75) is 39.8 Å². The molecule has 1 aromatic heterocycles. The molecule has 0 aromatic carbocycles. The zero-order chi connectivity index (χ0) is 12.2. The summed E-state index contributed by atoms with van der Waals surface area (Å²) in [6, 6.07) is 0. The number of thiazole rings is 1. The summed E-state index contributed by atoms with van der Waals surface area (Å²) in [5.41, 5.74) is 2.97. The second-order valence-corrected chi connectivity index (χ2v) is 5.60. The van der Waals surface area contributed by atoms with Gasteiger partial charge in [-0.25, -0.2) is 4.98 Å². The second kappa shape index (κ2) is 7.15. The summed E-state index contributed by atoms with van der Waals surface area (Å²) in [4.78, 5) is 9.64. The molecule has 0 aliphatic rings. The lowest BCUT2D eigenvalue weighted by Crippen LogP contribution is -2.47. The van der Waals surface area contributed by atoms with Gasteiger partial charge in [-0.15, -0.1) is 35.3 Å². The lowest BCUT2D eigenvalue weighted by molar-refractivity contribution is 0.501. The van der Waals surface area contributed by atoms with Crippen molar-refractivity contribution < 1.29 is 0 Å². The molecular formula is C11H21IN4S. The first-order valence-corrected chi connectivity index (χ1v) is 6.18. The van der Waals surface area contributed by atoms with E-state index in [1.54, 1.807) is 18.4 Å². The fraction of sp³-hybridized carbons (Fsp3) is 0.636. The molecule has 1 rings (SSSR count). The number of rotatable bonds is 2. The Hall–Kier alpha value is -0.370. The third kappa shape index (κ3) is 6.21. The van der Waals surface area contributed by atoms with Crippen molar-refractivity contribution in [1.82, 2.24) is 15.6 Å². The molecule has 0 atom stereocenters. The van der Waals surface area contributed by atoms with Crippen LogP contribution in [0.4, 0.5) is 0 Å². The van der Waals surface area contributed by atoms with Gasteiger partial charge in [0.15, 0.2) is 5.96 Å². The van der Waals surface area contributed by atoms with E-state index in [1.165, 1.54) is 4.88 Å². The van der Waals surface area contributed by atoms with Gasteiger partial charge in [-0.1, -0.05) is 0 Å².